The molecular weight excluding hydrogens is 272 g/mol. The van der Waals surface area contributed by atoms with Gasteiger partial charge in [0.1, 0.15) is 0 Å². The van der Waals surface area contributed by atoms with Crippen molar-refractivity contribution in [3.8, 4) is 0 Å². The van der Waals surface area contributed by atoms with E-state index in [-0.39, 0.29) is 11.1 Å². The van der Waals surface area contributed by atoms with Crippen molar-refractivity contribution in [3.63, 3.8) is 0 Å². The van der Waals surface area contributed by atoms with E-state index in [1.165, 1.54) is 25.7 Å². The Morgan fingerprint density at radius 3 is 1.68 bits per heavy atom. The maximum absolute atomic E-state index is 5.55. The van der Waals surface area contributed by atoms with Gasteiger partial charge in [-0.25, -0.2) is 0 Å². The van der Waals surface area contributed by atoms with Crippen molar-refractivity contribution >= 4 is 0 Å². The van der Waals surface area contributed by atoms with Gasteiger partial charge in [0.15, 0.2) is 0 Å². The fourth-order valence-electron chi connectivity index (χ4n) is 4.45. The molecule has 0 spiro atoms. The van der Waals surface area contributed by atoms with Crippen LogP contribution in [0.5, 0.6) is 0 Å². The van der Waals surface area contributed by atoms with Gasteiger partial charge in [0.2, 0.25) is 0 Å². The molecule has 0 aromatic rings. The second-order valence-corrected chi connectivity index (χ2v) is 6.17. The molecule has 4 nitrogen and oxygen atoms in total. The smallest absolute Gasteiger partial charge is 0.0385 e. The average Bonchev–Trinajstić information content (AvgIpc) is 2.57. The van der Waals surface area contributed by atoms with Crippen LogP contribution in [0.15, 0.2) is 0 Å². The Morgan fingerprint density at radius 1 is 0.773 bits per heavy atom. The minimum Gasteiger partial charge on any atom is -0.329 e. The van der Waals surface area contributed by atoms with E-state index in [0.29, 0.717) is 6.54 Å². The molecule has 0 amide bonds. The first-order chi connectivity index (χ1) is 10.6. The van der Waals surface area contributed by atoms with Crippen molar-refractivity contribution in [1.82, 2.24) is 15.5 Å². The predicted octanol–water partition coefficient (Wildman–Crippen LogP) is 2.58. The highest BCUT2D eigenvalue weighted by atomic mass is 15.2. The summed E-state index contributed by atoms with van der Waals surface area (Å²) in [6, 6.07) is 0. The molecule has 0 rings (SSSR count). The average molecular weight is 315 g/mol. The number of nitrogens with two attached hydrogens (primary N) is 1. The van der Waals surface area contributed by atoms with Gasteiger partial charge in [-0.2, -0.15) is 0 Å². The molecular formula is C18H42N4. The van der Waals surface area contributed by atoms with Crippen LogP contribution in [0.25, 0.3) is 0 Å². The second-order valence-electron chi connectivity index (χ2n) is 6.17. The van der Waals surface area contributed by atoms with E-state index < -0.39 is 0 Å². The lowest BCUT2D eigenvalue weighted by Crippen LogP contribution is -2.69. The molecule has 0 bridgehead atoms. The van der Waals surface area contributed by atoms with Crippen LogP contribution in [0.2, 0.25) is 0 Å². The number of nitrogens with one attached hydrogen (secondary N) is 2. The molecule has 0 atom stereocenters. The zero-order valence-corrected chi connectivity index (χ0v) is 16.1. The van der Waals surface area contributed by atoms with E-state index in [4.69, 9.17) is 5.73 Å². The van der Waals surface area contributed by atoms with Crippen LogP contribution in [0.4, 0.5) is 0 Å². The molecule has 0 aromatic carbocycles. The van der Waals surface area contributed by atoms with Crippen molar-refractivity contribution in [2.75, 3.05) is 39.3 Å². The molecule has 0 heterocycles. The predicted molar refractivity (Wildman–Crippen MR) is 99.5 cm³/mol. The molecule has 0 saturated heterocycles. The summed E-state index contributed by atoms with van der Waals surface area (Å²) in [6.07, 6.45) is 4.71. The van der Waals surface area contributed by atoms with E-state index in [2.05, 4.69) is 57.1 Å². The van der Waals surface area contributed by atoms with Crippen molar-refractivity contribution in [3.05, 3.63) is 0 Å². The maximum Gasteiger partial charge on any atom is 0.0385 e. The number of hydrogen-bond donors (Lipinski definition) is 3. The molecule has 22 heavy (non-hydrogen) atoms. The normalized spacial score (nSPS) is 13.1. The van der Waals surface area contributed by atoms with Gasteiger partial charge in [-0.3, -0.25) is 4.90 Å². The molecule has 0 unspecified atom stereocenters. The van der Waals surface area contributed by atoms with Gasteiger partial charge in [0.25, 0.3) is 0 Å². The Bertz CT molecular complexity index is 256. The summed E-state index contributed by atoms with van der Waals surface area (Å²) >= 11 is 0. The standard InChI is InChI=1S/C18H42N4/c1-7-17(8-2,21-16-15-20-14-13-19)18(9-3,10-4)22(11-5)12-6/h20-21H,7-16,19H2,1-6H3. The molecule has 0 fully saturated rings. The highest BCUT2D eigenvalue weighted by Crippen LogP contribution is 2.39. The van der Waals surface area contributed by atoms with Gasteiger partial charge in [0.05, 0.1) is 0 Å². The summed E-state index contributed by atoms with van der Waals surface area (Å²) in [6.45, 7) is 19.8. The molecule has 134 valence electrons. The van der Waals surface area contributed by atoms with Crippen molar-refractivity contribution in [2.24, 2.45) is 5.73 Å². The van der Waals surface area contributed by atoms with Gasteiger partial charge >= 0.3 is 0 Å². The lowest BCUT2D eigenvalue weighted by atomic mass is 9.68. The largest absolute Gasteiger partial charge is 0.329 e. The zero-order chi connectivity index (χ0) is 17.1. The van der Waals surface area contributed by atoms with Crippen molar-refractivity contribution in [2.45, 2.75) is 78.3 Å². The van der Waals surface area contributed by atoms with E-state index in [9.17, 15) is 0 Å². The Morgan fingerprint density at radius 2 is 1.32 bits per heavy atom. The van der Waals surface area contributed by atoms with Crippen LogP contribution in [0, 0.1) is 0 Å². The summed E-state index contributed by atoms with van der Waals surface area (Å²) in [5.74, 6) is 0. The third kappa shape index (κ3) is 4.67. The Kier molecular flexibility index (Phi) is 11.3. The van der Waals surface area contributed by atoms with Gasteiger partial charge in [-0.1, -0.05) is 41.5 Å². The molecule has 0 aliphatic rings. The first kappa shape index (κ1) is 21.8. The van der Waals surface area contributed by atoms with E-state index in [1.54, 1.807) is 0 Å². The minimum absolute atomic E-state index is 0.174. The lowest BCUT2D eigenvalue weighted by Gasteiger charge is -2.56. The third-order valence-electron chi connectivity index (χ3n) is 5.72. The summed E-state index contributed by atoms with van der Waals surface area (Å²) < 4.78 is 0. The van der Waals surface area contributed by atoms with Crippen LogP contribution < -0.4 is 16.4 Å². The zero-order valence-electron chi connectivity index (χ0n) is 16.1. The molecule has 0 aliphatic carbocycles. The number of hydrogen-bond acceptors (Lipinski definition) is 4. The molecule has 4 heteroatoms. The SMILES string of the molecule is CCN(CC)C(CC)(CC)C(CC)(CC)NCCNCCN. The first-order valence-electron chi connectivity index (χ1n) is 9.48. The summed E-state index contributed by atoms with van der Waals surface area (Å²) in [7, 11) is 0. The molecule has 0 saturated carbocycles. The van der Waals surface area contributed by atoms with Crippen LogP contribution in [0.3, 0.4) is 0 Å². The van der Waals surface area contributed by atoms with Crippen molar-refractivity contribution in [1.29, 1.82) is 0 Å². The van der Waals surface area contributed by atoms with E-state index in [1.807, 2.05) is 0 Å². The third-order valence-corrected chi connectivity index (χ3v) is 5.72. The summed E-state index contributed by atoms with van der Waals surface area (Å²) in [5.41, 5.74) is 5.95. The highest BCUT2D eigenvalue weighted by Gasteiger charge is 2.49. The maximum atomic E-state index is 5.55. The van der Waals surface area contributed by atoms with Crippen LogP contribution in [-0.4, -0.2) is 55.2 Å². The van der Waals surface area contributed by atoms with Gasteiger partial charge in [-0.05, 0) is 38.8 Å². The molecule has 0 radical (unpaired) electrons. The Labute approximate surface area is 139 Å². The van der Waals surface area contributed by atoms with Crippen LogP contribution >= 0.6 is 0 Å². The Hall–Kier alpha value is -0.160. The van der Waals surface area contributed by atoms with Gasteiger partial charge in [0, 0.05) is 37.3 Å². The molecule has 0 aliphatic heterocycles. The monoisotopic (exact) mass is 314 g/mol. The fraction of sp³-hybridized carbons (Fsp3) is 1.00. The number of likely N-dealkylation sites (N-methyl/N-ethyl adjacent to an activating group) is 1. The van der Waals surface area contributed by atoms with Gasteiger partial charge in [-0.15, -0.1) is 0 Å². The minimum atomic E-state index is 0.174. The van der Waals surface area contributed by atoms with Crippen LogP contribution in [0.1, 0.15) is 67.2 Å². The molecule has 4 N–H and O–H groups in total. The lowest BCUT2D eigenvalue weighted by molar-refractivity contribution is -0.0129. The summed E-state index contributed by atoms with van der Waals surface area (Å²) in [4.78, 5) is 2.68. The second kappa shape index (κ2) is 11.4. The van der Waals surface area contributed by atoms with Crippen molar-refractivity contribution < 1.29 is 0 Å². The molecule has 0 aromatic heterocycles. The topological polar surface area (TPSA) is 53.3 Å². The van der Waals surface area contributed by atoms with Gasteiger partial charge < -0.3 is 16.4 Å². The van der Waals surface area contributed by atoms with Crippen LogP contribution in [-0.2, 0) is 0 Å². The Balaban J connectivity index is 5.25. The quantitative estimate of drug-likeness (QED) is 0.431. The first-order valence-corrected chi connectivity index (χ1v) is 9.48. The van der Waals surface area contributed by atoms with E-state index >= 15 is 0 Å². The van der Waals surface area contributed by atoms with E-state index in [0.717, 1.165) is 32.7 Å². The summed E-state index contributed by atoms with van der Waals surface area (Å²) in [5, 5.41) is 7.34. The highest BCUT2D eigenvalue weighted by molar-refractivity contribution is 5.09. The fourth-order valence-corrected chi connectivity index (χ4v) is 4.45. The number of nitrogens with zero attached hydrogens (tertiary/aromatic N) is 1. The number of rotatable bonds is 14.